The average Bonchev–Trinajstić information content (AvgIpc) is 2.55. The second-order valence-electron chi connectivity index (χ2n) is 6.76. The van der Waals surface area contributed by atoms with Crippen LogP contribution in [0, 0.1) is 5.92 Å². The third kappa shape index (κ3) is 6.38. The summed E-state index contributed by atoms with van der Waals surface area (Å²) in [4.78, 5) is 13.7. The van der Waals surface area contributed by atoms with Gasteiger partial charge in [-0.05, 0) is 50.6 Å². The highest BCUT2D eigenvalue weighted by molar-refractivity contribution is 7.99. The summed E-state index contributed by atoms with van der Waals surface area (Å²) in [6.07, 6.45) is -0.955. The molecule has 0 saturated carbocycles. The number of ether oxygens (including phenoxy) is 1. The van der Waals surface area contributed by atoms with Crippen LogP contribution in [0.4, 0.5) is 0 Å². The number of hydrogen-bond donors (Lipinski definition) is 1. The Labute approximate surface area is 158 Å². The maximum absolute atomic E-state index is 12.6. The summed E-state index contributed by atoms with van der Waals surface area (Å²) >= 11 is 7.43. The van der Waals surface area contributed by atoms with Gasteiger partial charge in [-0.2, -0.15) is 0 Å². The molecule has 0 radical (unpaired) electrons. The van der Waals surface area contributed by atoms with E-state index in [1.807, 2.05) is 51.1 Å². The molecule has 2 atom stereocenters. The summed E-state index contributed by atoms with van der Waals surface area (Å²) in [6.45, 7) is 5.46. The Morgan fingerprint density at radius 1 is 1.12 bits per heavy atom. The lowest BCUT2D eigenvalue weighted by Gasteiger charge is -2.27. The summed E-state index contributed by atoms with van der Waals surface area (Å²) in [6, 6.07) is 16.7. The molecule has 0 aromatic heterocycles. The topological polar surface area (TPSA) is 46.5 Å². The molecule has 134 valence electrons. The number of aliphatic hydroxyl groups excluding tert-OH is 1. The van der Waals surface area contributed by atoms with E-state index in [4.69, 9.17) is 16.3 Å². The van der Waals surface area contributed by atoms with Crippen LogP contribution in [-0.2, 0) is 9.53 Å². The fourth-order valence-electron chi connectivity index (χ4n) is 2.26. The number of carbonyl (C=O) groups is 1. The summed E-state index contributed by atoms with van der Waals surface area (Å²) in [5, 5.41) is 11.3. The molecule has 0 unspecified atom stereocenters. The first-order valence-electron chi connectivity index (χ1n) is 8.10. The summed E-state index contributed by atoms with van der Waals surface area (Å²) in [7, 11) is 0. The number of aliphatic hydroxyl groups is 1. The number of carbonyl (C=O) groups excluding carboxylic acids is 1. The largest absolute Gasteiger partial charge is 0.460 e. The predicted molar refractivity (Wildman–Crippen MR) is 103 cm³/mol. The van der Waals surface area contributed by atoms with Gasteiger partial charge < -0.3 is 9.84 Å². The van der Waals surface area contributed by atoms with Crippen molar-refractivity contribution in [3.05, 3.63) is 65.2 Å². The molecule has 0 aliphatic heterocycles. The van der Waals surface area contributed by atoms with Crippen molar-refractivity contribution in [2.75, 3.05) is 5.75 Å². The van der Waals surface area contributed by atoms with Gasteiger partial charge in [0.05, 0.1) is 12.0 Å². The number of benzene rings is 2. The Morgan fingerprint density at radius 2 is 1.72 bits per heavy atom. The van der Waals surface area contributed by atoms with Crippen molar-refractivity contribution < 1.29 is 14.6 Å². The molecule has 2 aromatic rings. The molecule has 2 aromatic carbocycles. The molecule has 2 rings (SSSR count). The highest BCUT2D eigenvalue weighted by atomic mass is 35.5. The van der Waals surface area contributed by atoms with Gasteiger partial charge >= 0.3 is 5.97 Å². The molecule has 0 aliphatic rings. The Hall–Kier alpha value is -1.49. The number of rotatable bonds is 6. The van der Waals surface area contributed by atoms with Gasteiger partial charge in [-0.3, -0.25) is 4.79 Å². The molecule has 0 heterocycles. The van der Waals surface area contributed by atoms with Crippen LogP contribution in [0.1, 0.15) is 32.4 Å². The van der Waals surface area contributed by atoms with Crippen molar-refractivity contribution in [2.45, 2.75) is 37.4 Å². The average molecular weight is 379 g/mol. The predicted octanol–water partition coefficient (Wildman–Crippen LogP) is 5.12. The molecular weight excluding hydrogens is 356 g/mol. The standard InChI is InChI=1S/C20H23ClO3S/c1-20(2,3)24-19(23)17(13-25-16-7-5-4-6-8-16)18(22)14-9-11-15(21)12-10-14/h4-12,17-18,22H,13H2,1-3H3/t17-,18+/m0/s1. The molecule has 5 heteroatoms. The van der Waals surface area contributed by atoms with E-state index < -0.39 is 23.6 Å². The SMILES string of the molecule is CC(C)(C)OC(=O)[C@@H](CSc1ccccc1)[C@H](O)c1ccc(Cl)cc1. The lowest BCUT2D eigenvalue weighted by molar-refractivity contribution is -0.163. The number of hydrogen-bond acceptors (Lipinski definition) is 4. The van der Waals surface area contributed by atoms with Crippen molar-refractivity contribution in [2.24, 2.45) is 5.92 Å². The van der Waals surface area contributed by atoms with Gasteiger partial charge in [0.1, 0.15) is 5.60 Å². The zero-order valence-corrected chi connectivity index (χ0v) is 16.2. The Morgan fingerprint density at radius 3 is 2.28 bits per heavy atom. The van der Waals surface area contributed by atoms with Gasteiger partial charge in [0.15, 0.2) is 0 Å². The highest BCUT2D eigenvalue weighted by Crippen LogP contribution is 2.31. The van der Waals surface area contributed by atoms with E-state index >= 15 is 0 Å². The van der Waals surface area contributed by atoms with Gasteiger partial charge in [0.25, 0.3) is 0 Å². The first kappa shape index (κ1) is 19.8. The maximum atomic E-state index is 12.6. The first-order valence-corrected chi connectivity index (χ1v) is 9.47. The van der Waals surface area contributed by atoms with Crippen molar-refractivity contribution >= 4 is 29.3 Å². The molecule has 25 heavy (non-hydrogen) atoms. The Bertz CT molecular complexity index is 680. The second-order valence-corrected chi connectivity index (χ2v) is 8.29. The van der Waals surface area contributed by atoms with Gasteiger partial charge in [-0.15, -0.1) is 11.8 Å². The van der Waals surface area contributed by atoms with E-state index in [2.05, 4.69) is 0 Å². The fraction of sp³-hybridized carbons (Fsp3) is 0.350. The lowest BCUT2D eigenvalue weighted by Crippen LogP contribution is -2.33. The molecular formula is C20H23ClO3S. The van der Waals surface area contributed by atoms with E-state index in [1.165, 1.54) is 11.8 Å². The molecule has 0 amide bonds. The third-order valence-electron chi connectivity index (χ3n) is 3.47. The zero-order chi connectivity index (χ0) is 18.4. The van der Waals surface area contributed by atoms with Crippen molar-refractivity contribution in [1.29, 1.82) is 0 Å². The Kier molecular flexibility index (Phi) is 6.94. The van der Waals surface area contributed by atoms with Crippen LogP contribution >= 0.6 is 23.4 Å². The van der Waals surface area contributed by atoms with Gasteiger partial charge in [0.2, 0.25) is 0 Å². The molecule has 1 N–H and O–H groups in total. The minimum Gasteiger partial charge on any atom is -0.460 e. The van der Waals surface area contributed by atoms with E-state index in [0.29, 0.717) is 16.3 Å². The molecule has 0 saturated heterocycles. The van der Waals surface area contributed by atoms with E-state index in [0.717, 1.165) is 4.90 Å². The minimum absolute atomic E-state index is 0.404. The smallest absolute Gasteiger partial charge is 0.313 e. The van der Waals surface area contributed by atoms with Gasteiger partial charge in [-0.1, -0.05) is 41.9 Å². The van der Waals surface area contributed by atoms with Crippen molar-refractivity contribution in [3.8, 4) is 0 Å². The summed E-state index contributed by atoms with van der Waals surface area (Å²) in [5.41, 5.74) is 0.0424. The van der Waals surface area contributed by atoms with Crippen LogP contribution in [0.15, 0.2) is 59.5 Å². The van der Waals surface area contributed by atoms with Crippen LogP contribution in [0.3, 0.4) is 0 Å². The number of esters is 1. The van der Waals surface area contributed by atoms with Crippen LogP contribution in [-0.4, -0.2) is 22.4 Å². The first-order chi connectivity index (χ1) is 11.8. The lowest BCUT2D eigenvalue weighted by atomic mass is 9.97. The Balaban J connectivity index is 2.18. The third-order valence-corrected chi connectivity index (χ3v) is 4.86. The van der Waals surface area contributed by atoms with E-state index in [9.17, 15) is 9.90 Å². The molecule has 0 aliphatic carbocycles. The second kappa shape index (κ2) is 8.75. The van der Waals surface area contributed by atoms with Gasteiger partial charge in [-0.25, -0.2) is 0 Å². The van der Waals surface area contributed by atoms with Gasteiger partial charge in [0, 0.05) is 15.7 Å². The summed E-state index contributed by atoms with van der Waals surface area (Å²) < 4.78 is 5.52. The number of halogens is 1. The van der Waals surface area contributed by atoms with Crippen LogP contribution in [0.25, 0.3) is 0 Å². The van der Waals surface area contributed by atoms with Crippen LogP contribution < -0.4 is 0 Å². The summed E-state index contributed by atoms with van der Waals surface area (Å²) in [5.74, 6) is -0.660. The molecule has 0 spiro atoms. The quantitative estimate of drug-likeness (QED) is 0.559. The highest BCUT2D eigenvalue weighted by Gasteiger charge is 2.32. The normalized spacial score (nSPS) is 14.0. The maximum Gasteiger partial charge on any atom is 0.313 e. The van der Waals surface area contributed by atoms with E-state index in [1.54, 1.807) is 24.3 Å². The van der Waals surface area contributed by atoms with Crippen LogP contribution in [0.5, 0.6) is 0 Å². The zero-order valence-electron chi connectivity index (χ0n) is 14.6. The number of thioether (sulfide) groups is 1. The van der Waals surface area contributed by atoms with Crippen LogP contribution in [0.2, 0.25) is 5.02 Å². The van der Waals surface area contributed by atoms with E-state index in [-0.39, 0.29) is 0 Å². The minimum atomic E-state index is -0.955. The molecule has 3 nitrogen and oxygen atoms in total. The van der Waals surface area contributed by atoms with Crippen molar-refractivity contribution in [3.63, 3.8) is 0 Å². The fourth-order valence-corrected chi connectivity index (χ4v) is 3.43. The van der Waals surface area contributed by atoms with Crippen molar-refractivity contribution in [1.82, 2.24) is 0 Å². The monoisotopic (exact) mass is 378 g/mol. The molecule has 0 fully saturated rings. The molecule has 0 bridgehead atoms.